The maximum atomic E-state index is 13.9. The van der Waals surface area contributed by atoms with Gasteiger partial charge in [-0.05, 0) is 74.8 Å². The largest absolute Gasteiger partial charge is 0.305 e. The number of halogens is 3. The van der Waals surface area contributed by atoms with Crippen molar-refractivity contribution in [3.63, 3.8) is 0 Å². The lowest BCUT2D eigenvalue weighted by molar-refractivity contribution is 0.0973. The Morgan fingerprint density at radius 1 is 1.03 bits per heavy atom. The van der Waals surface area contributed by atoms with E-state index >= 15 is 0 Å². The molecule has 0 spiro atoms. The van der Waals surface area contributed by atoms with Crippen LogP contribution in [0.1, 0.15) is 41.7 Å². The Bertz CT molecular complexity index is 1370. The normalized spacial score (nSPS) is 18.1. The summed E-state index contributed by atoms with van der Waals surface area (Å²) in [7, 11) is -3.21. The van der Waals surface area contributed by atoms with Gasteiger partial charge in [-0.15, -0.1) is 0 Å². The number of hydrogen-bond acceptors (Lipinski definition) is 4. The summed E-state index contributed by atoms with van der Waals surface area (Å²) in [6, 6.07) is 12.4. The lowest BCUT2D eigenvalue weighted by Crippen LogP contribution is -2.38. The average molecular weight is 584 g/mol. The second kappa shape index (κ2) is 11.7. The summed E-state index contributed by atoms with van der Waals surface area (Å²) in [5.41, 5.74) is 3.24. The molecule has 7 nitrogen and oxygen atoms in total. The molecule has 0 bridgehead atoms. The van der Waals surface area contributed by atoms with Gasteiger partial charge in [-0.1, -0.05) is 46.9 Å². The van der Waals surface area contributed by atoms with E-state index in [1.165, 1.54) is 6.26 Å². The minimum atomic E-state index is -3.21. The van der Waals surface area contributed by atoms with Crippen molar-refractivity contribution < 1.29 is 13.2 Å². The lowest BCUT2D eigenvalue weighted by Gasteiger charge is -2.33. The van der Waals surface area contributed by atoms with Crippen molar-refractivity contribution in [3.05, 3.63) is 68.8 Å². The highest BCUT2D eigenvalue weighted by molar-refractivity contribution is 7.88. The van der Waals surface area contributed by atoms with Crippen molar-refractivity contribution in [1.82, 2.24) is 14.9 Å². The van der Waals surface area contributed by atoms with Crippen LogP contribution < -0.4 is 9.62 Å². The first kappa shape index (κ1) is 27.9. The molecule has 3 aromatic rings. The van der Waals surface area contributed by atoms with E-state index in [1.54, 1.807) is 35.2 Å². The summed E-state index contributed by atoms with van der Waals surface area (Å²) in [6.45, 7) is 2.78. The first-order valence-corrected chi connectivity index (χ1v) is 15.1. The standard InChI is InChI=1S/C26H29Cl3N4O3S/c1-16-24(19-7-9-20(27)10-8-19)31-32-25(16)26(34)33(23-12-11-21(28)13-22(23)29)15-18-5-3-17(4-6-18)14-30-37(2,35)36/h7-13,17-18,30H,3-6,14-15H2,1-2H3,(H,31,32). The molecule has 1 heterocycles. The molecule has 4 rings (SSSR count). The molecule has 1 aliphatic carbocycles. The van der Waals surface area contributed by atoms with Gasteiger partial charge in [-0.3, -0.25) is 9.89 Å². The third-order valence-corrected chi connectivity index (χ3v) is 8.31. The Balaban J connectivity index is 1.56. The summed E-state index contributed by atoms with van der Waals surface area (Å²) in [5, 5.41) is 8.86. The third-order valence-electron chi connectivity index (χ3n) is 6.83. The molecule has 2 aromatic carbocycles. The molecule has 0 aliphatic heterocycles. The molecule has 11 heteroatoms. The van der Waals surface area contributed by atoms with Gasteiger partial charge in [0.2, 0.25) is 10.0 Å². The maximum absolute atomic E-state index is 13.9. The Kier molecular flexibility index (Phi) is 8.86. The predicted molar refractivity (Wildman–Crippen MR) is 150 cm³/mol. The molecular formula is C26H29Cl3N4O3S. The van der Waals surface area contributed by atoms with Gasteiger partial charge in [0.25, 0.3) is 5.91 Å². The van der Waals surface area contributed by atoms with Gasteiger partial charge in [0.05, 0.1) is 22.7 Å². The summed E-state index contributed by atoms with van der Waals surface area (Å²) in [5.74, 6) is 0.297. The molecule has 1 fully saturated rings. The highest BCUT2D eigenvalue weighted by atomic mass is 35.5. The third kappa shape index (κ3) is 7.06. The lowest BCUT2D eigenvalue weighted by atomic mass is 9.81. The predicted octanol–water partition coefficient (Wildman–Crippen LogP) is 6.35. The van der Waals surface area contributed by atoms with Crippen molar-refractivity contribution in [1.29, 1.82) is 0 Å². The fraction of sp³-hybridized carbons (Fsp3) is 0.385. The smallest absolute Gasteiger partial charge is 0.276 e. The van der Waals surface area contributed by atoms with Crippen LogP contribution in [0.15, 0.2) is 42.5 Å². The van der Waals surface area contributed by atoms with Gasteiger partial charge in [0.1, 0.15) is 5.69 Å². The van der Waals surface area contributed by atoms with Crippen molar-refractivity contribution in [3.8, 4) is 11.3 Å². The van der Waals surface area contributed by atoms with Gasteiger partial charge in [0, 0.05) is 34.3 Å². The van der Waals surface area contributed by atoms with Crippen LogP contribution in [0.25, 0.3) is 11.3 Å². The van der Waals surface area contributed by atoms with Crippen LogP contribution in [-0.4, -0.2) is 43.9 Å². The summed E-state index contributed by atoms with van der Waals surface area (Å²) < 4.78 is 25.5. The van der Waals surface area contributed by atoms with Gasteiger partial charge in [-0.25, -0.2) is 13.1 Å². The van der Waals surface area contributed by atoms with E-state index in [9.17, 15) is 13.2 Å². The Labute approximate surface area is 232 Å². The highest BCUT2D eigenvalue weighted by Gasteiger charge is 2.30. The molecule has 1 saturated carbocycles. The zero-order chi connectivity index (χ0) is 26.7. The number of amides is 1. The molecule has 0 radical (unpaired) electrons. The molecule has 0 unspecified atom stereocenters. The number of benzene rings is 2. The van der Waals surface area contributed by atoms with Crippen LogP contribution in [0, 0.1) is 18.8 Å². The summed E-state index contributed by atoms with van der Waals surface area (Å²) in [6.07, 6.45) is 4.70. The highest BCUT2D eigenvalue weighted by Crippen LogP contribution is 2.35. The molecular weight excluding hydrogens is 555 g/mol. The SMILES string of the molecule is Cc1c(-c2ccc(Cl)cc2)n[nH]c1C(=O)N(CC1CCC(CNS(C)(=O)=O)CC1)c1ccc(Cl)cc1Cl. The van der Waals surface area contributed by atoms with Gasteiger partial charge >= 0.3 is 0 Å². The van der Waals surface area contributed by atoms with E-state index in [1.807, 2.05) is 19.1 Å². The molecule has 0 atom stereocenters. The zero-order valence-corrected chi connectivity index (χ0v) is 23.7. The molecule has 2 N–H and O–H groups in total. The first-order valence-electron chi connectivity index (χ1n) is 12.0. The minimum absolute atomic E-state index is 0.227. The number of aromatic nitrogens is 2. The molecule has 37 heavy (non-hydrogen) atoms. The molecule has 0 saturated heterocycles. The minimum Gasteiger partial charge on any atom is -0.305 e. The van der Waals surface area contributed by atoms with E-state index in [4.69, 9.17) is 34.8 Å². The number of sulfonamides is 1. The van der Waals surface area contributed by atoms with Crippen LogP contribution in [0.3, 0.4) is 0 Å². The van der Waals surface area contributed by atoms with E-state index < -0.39 is 10.0 Å². The Morgan fingerprint density at radius 3 is 2.27 bits per heavy atom. The Morgan fingerprint density at radius 2 is 1.65 bits per heavy atom. The number of H-pyrrole nitrogens is 1. The van der Waals surface area contributed by atoms with Crippen LogP contribution in [-0.2, 0) is 10.0 Å². The number of carbonyl (C=O) groups is 1. The maximum Gasteiger partial charge on any atom is 0.276 e. The van der Waals surface area contributed by atoms with Crippen LogP contribution >= 0.6 is 34.8 Å². The summed E-state index contributed by atoms with van der Waals surface area (Å²) >= 11 is 18.7. The number of hydrogen-bond donors (Lipinski definition) is 2. The molecule has 1 aliphatic rings. The number of aromatic amines is 1. The zero-order valence-electron chi connectivity index (χ0n) is 20.6. The van der Waals surface area contributed by atoms with E-state index in [0.717, 1.165) is 36.8 Å². The molecule has 1 aromatic heterocycles. The van der Waals surface area contributed by atoms with E-state index in [-0.39, 0.29) is 17.7 Å². The summed E-state index contributed by atoms with van der Waals surface area (Å²) in [4.78, 5) is 15.6. The fourth-order valence-electron chi connectivity index (χ4n) is 4.77. The van der Waals surface area contributed by atoms with E-state index in [2.05, 4.69) is 14.9 Å². The number of rotatable bonds is 8. The second-order valence-corrected chi connectivity index (χ2v) is 12.7. The van der Waals surface area contributed by atoms with Crippen LogP contribution in [0.5, 0.6) is 0 Å². The van der Waals surface area contributed by atoms with Gasteiger partial charge in [0.15, 0.2) is 0 Å². The molecule has 1 amide bonds. The van der Waals surface area contributed by atoms with Crippen LogP contribution in [0.4, 0.5) is 5.69 Å². The topological polar surface area (TPSA) is 95.2 Å². The van der Waals surface area contributed by atoms with Crippen molar-refractivity contribution >= 4 is 56.4 Å². The van der Waals surface area contributed by atoms with Gasteiger partial charge in [-0.2, -0.15) is 5.10 Å². The van der Waals surface area contributed by atoms with Gasteiger partial charge < -0.3 is 4.90 Å². The number of anilines is 1. The van der Waals surface area contributed by atoms with E-state index in [0.29, 0.717) is 45.2 Å². The fourth-order valence-corrected chi connectivity index (χ4v) is 5.94. The monoisotopic (exact) mass is 582 g/mol. The number of carbonyl (C=O) groups excluding carboxylic acids is 1. The van der Waals surface area contributed by atoms with Crippen molar-refractivity contribution in [2.45, 2.75) is 32.6 Å². The second-order valence-electron chi connectivity index (χ2n) is 9.60. The number of nitrogens with one attached hydrogen (secondary N) is 2. The average Bonchev–Trinajstić information content (AvgIpc) is 3.23. The van der Waals surface area contributed by atoms with Crippen LogP contribution in [0.2, 0.25) is 15.1 Å². The van der Waals surface area contributed by atoms with Crippen molar-refractivity contribution in [2.75, 3.05) is 24.2 Å². The Hall–Kier alpha value is -2.10. The number of nitrogens with zero attached hydrogens (tertiary/aromatic N) is 2. The first-order chi connectivity index (χ1) is 17.5. The van der Waals surface area contributed by atoms with Crippen molar-refractivity contribution in [2.24, 2.45) is 11.8 Å². The molecule has 198 valence electrons. The quantitative estimate of drug-likeness (QED) is 0.323.